The molecule has 0 atom stereocenters. The quantitative estimate of drug-likeness (QED) is 0.762. The Balaban J connectivity index is 1.99. The number of aromatic amines is 1. The molecule has 0 unspecified atom stereocenters. The molecule has 1 aromatic carbocycles. The van der Waals surface area contributed by atoms with Crippen molar-refractivity contribution in [3.05, 3.63) is 69.9 Å². The van der Waals surface area contributed by atoms with Crippen molar-refractivity contribution in [1.29, 1.82) is 0 Å². The van der Waals surface area contributed by atoms with Crippen molar-refractivity contribution in [2.24, 2.45) is 0 Å². The third kappa shape index (κ3) is 2.94. The predicted molar refractivity (Wildman–Crippen MR) is 85.8 cm³/mol. The molecule has 0 aliphatic heterocycles. The van der Waals surface area contributed by atoms with Gasteiger partial charge in [-0.3, -0.25) is 4.98 Å². The van der Waals surface area contributed by atoms with Gasteiger partial charge >= 0.3 is 0 Å². The minimum absolute atomic E-state index is 0.599. The molecule has 0 radical (unpaired) electrons. The Morgan fingerprint density at radius 3 is 2.48 bits per heavy atom. The van der Waals surface area contributed by atoms with E-state index in [0.29, 0.717) is 16.5 Å². The van der Waals surface area contributed by atoms with E-state index in [1.165, 1.54) is 0 Å². The van der Waals surface area contributed by atoms with Crippen LogP contribution < -0.4 is 0 Å². The highest BCUT2D eigenvalue weighted by atomic mass is 35.5. The summed E-state index contributed by atoms with van der Waals surface area (Å²) in [5.74, 6) is 0.845. The maximum absolute atomic E-state index is 6.25. The molecular weight excluding hydrogens is 305 g/mol. The molecule has 3 nitrogen and oxygen atoms in total. The number of hydrogen-bond donors (Lipinski definition) is 1. The molecule has 0 amide bonds. The van der Waals surface area contributed by atoms with E-state index in [1.54, 1.807) is 6.20 Å². The van der Waals surface area contributed by atoms with Gasteiger partial charge in [0, 0.05) is 29.6 Å². The molecule has 5 heteroatoms. The topological polar surface area (TPSA) is 41.6 Å². The summed E-state index contributed by atoms with van der Waals surface area (Å²) in [6, 6.07) is 11.3. The Bertz CT molecular complexity index is 746. The Morgan fingerprint density at radius 1 is 1.05 bits per heavy atom. The number of halogens is 2. The molecule has 1 N–H and O–H groups in total. The summed E-state index contributed by atoms with van der Waals surface area (Å²) in [4.78, 5) is 12.2. The molecular formula is C16H13Cl2N3. The van der Waals surface area contributed by atoms with Crippen LogP contribution in [0.2, 0.25) is 10.0 Å². The summed E-state index contributed by atoms with van der Waals surface area (Å²) in [5.41, 5.74) is 3.46. The van der Waals surface area contributed by atoms with E-state index in [1.807, 2.05) is 43.3 Å². The predicted octanol–water partition coefficient (Wildman–Crippen LogP) is 4.68. The van der Waals surface area contributed by atoms with E-state index in [4.69, 9.17) is 23.2 Å². The molecule has 3 aromatic rings. The number of benzene rings is 1. The van der Waals surface area contributed by atoms with Crippen molar-refractivity contribution in [3.8, 4) is 11.3 Å². The van der Waals surface area contributed by atoms with E-state index < -0.39 is 0 Å². The fourth-order valence-corrected chi connectivity index (χ4v) is 2.82. The van der Waals surface area contributed by atoms with Crippen LogP contribution >= 0.6 is 23.2 Å². The minimum Gasteiger partial charge on any atom is -0.345 e. The van der Waals surface area contributed by atoms with Gasteiger partial charge in [0.05, 0.1) is 15.7 Å². The number of pyridine rings is 1. The minimum atomic E-state index is 0.599. The van der Waals surface area contributed by atoms with E-state index in [9.17, 15) is 0 Å². The fourth-order valence-electron chi connectivity index (χ4n) is 2.25. The highest BCUT2D eigenvalue weighted by Gasteiger charge is 2.15. The van der Waals surface area contributed by atoms with Gasteiger partial charge in [0.1, 0.15) is 5.82 Å². The highest BCUT2D eigenvalue weighted by Crippen LogP contribution is 2.35. The third-order valence-corrected chi connectivity index (χ3v) is 3.84. The average molecular weight is 318 g/mol. The number of aryl methyl sites for hydroxylation is 1. The van der Waals surface area contributed by atoms with Crippen LogP contribution in [0.25, 0.3) is 11.3 Å². The summed E-state index contributed by atoms with van der Waals surface area (Å²) in [7, 11) is 0. The summed E-state index contributed by atoms with van der Waals surface area (Å²) >= 11 is 12.5. The van der Waals surface area contributed by atoms with Gasteiger partial charge in [-0.15, -0.1) is 0 Å². The third-order valence-electron chi connectivity index (χ3n) is 3.21. The summed E-state index contributed by atoms with van der Waals surface area (Å²) in [5, 5.41) is 1.20. The lowest BCUT2D eigenvalue weighted by atomic mass is 10.1. The Morgan fingerprint density at radius 2 is 1.81 bits per heavy atom. The number of hydrogen-bond acceptors (Lipinski definition) is 2. The Hall–Kier alpha value is -1.84. The second-order valence-electron chi connectivity index (χ2n) is 4.75. The lowest BCUT2D eigenvalue weighted by Crippen LogP contribution is -1.93. The Labute approximate surface area is 133 Å². The standard InChI is InChI=1S/C16H13Cl2N3/c1-10-16(15-12(17)6-4-7-13(15)18)21-14(20-10)9-11-5-2-3-8-19-11/h2-8H,9H2,1H3,(H,20,21). The van der Waals surface area contributed by atoms with Gasteiger partial charge < -0.3 is 4.98 Å². The van der Waals surface area contributed by atoms with Gasteiger partial charge in [-0.1, -0.05) is 35.3 Å². The van der Waals surface area contributed by atoms with Crippen LogP contribution in [0.5, 0.6) is 0 Å². The van der Waals surface area contributed by atoms with E-state index >= 15 is 0 Å². The first-order valence-corrected chi connectivity index (χ1v) is 7.30. The number of H-pyrrole nitrogens is 1. The molecule has 0 bridgehead atoms. The van der Waals surface area contributed by atoms with Crippen LogP contribution in [-0.4, -0.2) is 15.0 Å². The molecule has 106 valence electrons. The zero-order valence-electron chi connectivity index (χ0n) is 11.4. The molecule has 0 spiro atoms. The van der Waals surface area contributed by atoms with Gasteiger partial charge in [-0.05, 0) is 31.2 Å². The number of nitrogens with one attached hydrogen (secondary N) is 1. The molecule has 0 saturated carbocycles. The zero-order chi connectivity index (χ0) is 14.8. The fraction of sp³-hybridized carbons (Fsp3) is 0.125. The number of imidazole rings is 1. The molecule has 0 saturated heterocycles. The van der Waals surface area contributed by atoms with Crippen LogP contribution in [-0.2, 0) is 6.42 Å². The first kappa shape index (κ1) is 14.1. The van der Waals surface area contributed by atoms with E-state index in [2.05, 4.69) is 15.0 Å². The van der Waals surface area contributed by atoms with Crippen LogP contribution in [0.15, 0.2) is 42.6 Å². The largest absolute Gasteiger partial charge is 0.345 e. The summed E-state index contributed by atoms with van der Waals surface area (Å²) in [6.07, 6.45) is 2.42. The molecule has 2 heterocycles. The van der Waals surface area contributed by atoms with Crippen LogP contribution in [0.3, 0.4) is 0 Å². The van der Waals surface area contributed by atoms with Gasteiger partial charge in [0.15, 0.2) is 0 Å². The summed E-state index contributed by atoms with van der Waals surface area (Å²) < 4.78 is 0. The molecule has 3 rings (SSSR count). The lowest BCUT2D eigenvalue weighted by Gasteiger charge is -2.04. The summed E-state index contributed by atoms with van der Waals surface area (Å²) in [6.45, 7) is 1.96. The monoisotopic (exact) mass is 317 g/mol. The van der Waals surface area contributed by atoms with Crippen LogP contribution in [0.4, 0.5) is 0 Å². The SMILES string of the molecule is Cc1[nH]c(Cc2ccccn2)nc1-c1c(Cl)cccc1Cl. The Kier molecular flexibility index (Phi) is 3.95. The van der Waals surface area contributed by atoms with Crippen molar-refractivity contribution in [2.45, 2.75) is 13.3 Å². The van der Waals surface area contributed by atoms with Crippen molar-refractivity contribution in [3.63, 3.8) is 0 Å². The number of aromatic nitrogens is 3. The van der Waals surface area contributed by atoms with Gasteiger partial charge in [-0.2, -0.15) is 0 Å². The van der Waals surface area contributed by atoms with E-state index in [-0.39, 0.29) is 0 Å². The smallest absolute Gasteiger partial charge is 0.113 e. The second-order valence-corrected chi connectivity index (χ2v) is 5.57. The molecule has 0 aliphatic carbocycles. The molecule has 0 aliphatic rings. The maximum atomic E-state index is 6.25. The van der Waals surface area contributed by atoms with Crippen molar-refractivity contribution in [2.75, 3.05) is 0 Å². The zero-order valence-corrected chi connectivity index (χ0v) is 12.9. The molecule has 0 fully saturated rings. The number of nitrogens with zero attached hydrogens (tertiary/aromatic N) is 2. The van der Waals surface area contributed by atoms with Crippen molar-refractivity contribution in [1.82, 2.24) is 15.0 Å². The van der Waals surface area contributed by atoms with Crippen molar-refractivity contribution >= 4 is 23.2 Å². The van der Waals surface area contributed by atoms with Gasteiger partial charge in [-0.25, -0.2) is 4.98 Å². The lowest BCUT2D eigenvalue weighted by molar-refractivity contribution is 0.971. The first-order valence-electron chi connectivity index (χ1n) is 6.55. The van der Waals surface area contributed by atoms with E-state index in [0.717, 1.165) is 28.5 Å². The van der Waals surface area contributed by atoms with Crippen LogP contribution in [0, 0.1) is 6.92 Å². The average Bonchev–Trinajstić information content (AvgIpc) is 2.80. The first-order chi connectivity index (χ1) is 10.1. The second kappa shape index (κ2) is 5.88. The normalized spacial score (nSPS) is 10.8. The van der Waals surface area contributed by atoms with Gasteiger partial charge in [0.2, 0.25) is 0 Å². The molecule has 2 aromatic heterocycles. The van der Waals surface area contributed by atoms with Gasteiger partial charge in [0.25, 0.3) is 0 Å². The van der Waals surface area contributed by atoms with Crippen molar-refractivity contribution < 1.29 is 0 Å². The van der Waals surface area contributed by atoms with Crippen LogP contribution in [0.1, 0.15) is 17.2 Å². The molecule has 21 heavy (non-hydrogen) atoms. The maximum Gasteiger partial charge on any atom is 0.113 e. The number of rotatable bonds is 3. The highest BCUT2D eigenvalue weighted by molar-refractivity contribution is 6.39.